The Hall–Kier alpha value is -3.77. The van der Waals surface area contributed by atoms with Gasteiger partial charge in [0.15, 0.2) is 0 Å². The van der Waals surface area contributed by atoms with E-state index >= 15 is 0 Å². The van der Waals surface area contributed by atoms with Crippen LogP contribution >= 0.6 is 0 Å². The van der Waals surface area contributed by atoms with Crippen molar-refractivity contribution in [3.05, 3.63) is 101 Å². The summed E-state index contributed by atoms with van der Waals surface area (Å²) in [4.78, 5) is 12.9. The van der Waals surface area contributed by atoms with Gasteiger partial charge >= 0.3 is 0 Å². The third-order valence-corrected chi connectivity index (χ3v) is 6.20. The number of fused-ring (bicyclic) bond motifs is 1. The summed E-state index contributed by atoms with van der Waals surface area (Å²) in [6.07, 6.45) is 2.47. The van der Waals surface area contributed by atoms with Gasteiger partial charge in [-0.15, -0.1) is 0 Å². The summed E-state index contributed by atoms with van der Waals surface area (Å²) >= 11 is 0. The molecule has 3 aromatic carbocycles. The zero-order valence-electron chi connectivity index (χ0n) is 19.6. The monoisotopic (exact) mass is 451 g/mol. The second kappa shape index (κ2) is 9.61. The van der Waals surface area contributed by atoms with E-state index in [-0.39, 0.29) is 5.92 Å². The molecule has 0 aliphatic heterocycles. The average Bonchev–Trinajstić information content (AvgIpc) is 3.49. The van der Waals surface area contributed by atoms with Gasteiger partial charge in [0, 0.05) is 12.0 Å². The number of rotatable bonds is 8. The zero-order valence-corrected chi connectivity index (χ0v) is 19.6. The van der Waals surface area contributed by atoms with Gasteiger partial charge in [0.2, 0.25) is 11.7 Å². The highest BCUT2D eigenvalue weighted by atomic mass is 16.5. The van der Waals surface area contributed by atoms with Gasteiger partial charge in [0.05, 0.1) is 17.0 Å². The van der Waals surface area contributed by atoms with Gasteiger partial charge in [-0.3, -0.25) is 0 Å². The Balaban J connectivity index is 1.35. The van der Waals surface area contributed by atoms with Crippen LogP contribution in [-0.2, 0) is 12.8 Å². The molecule has 0 saturated carbocycles. The number of aromatic nitrogens is 4. The lowest BCUT2D eigenvalue weighted by atomic mass is 9.93. The molecule has 2 aromatic heterocycles. The number of H-pyrrole nitrogens is 1. The van der Waals surface area contributed by atoms with Gasteiger partial charge in [0.25, 0.3) is 0 Å². The molecule has 0 radical (unpaired) electrons. The van der Waals surface area contributed by atoms with Gasteiger partial charge in [-0.25, -0.2) is 4.98 Å². The molecule has 0 aliphatic carbocycles. The molecule has 6 heteroatoms. The summed E-state index contributed by atoms with van der Waals surface area (Å²) in [6, 6.07) is 23.0. The summed E-state index contributed by atoms with van der Waals surface area (Å²) in [5.41, 5.74) is 13.8. The number of aromatic amines is 1. The minimum Gasteiger partial charge on any atom is -0.342 e. The van der Waals surface area contributed by atoms with Crippen LogP contribution in [0.2, 0.25) is 0 Å². The number of hydrogen-bond donors (Lipinski definition) is 2. The molecule has 3 N–H and O–H groups in total. The highest BCUT2D eigenvalue weighted by molar-refractivity contribution is 5.75. The van der Waals surface area contributed by atoms with E-state index in [4.69, 9.17) is 20.2 Å². The molecule has 34 heavy (non-hydrogen) atoms. The molecule has 0 aliphatic rings. The molecule has 6 nitrogen and oxygen atoms in total. The third kappa shape index (κ3) is 4.77. The van der Waals surface area contributed by atoms with E-state index in [0.29, 0.717) is 18.3 Å². The largest absolute Gasteiger partial charge is 0.342 e. The van der Waals surface area contributed by atoms with E-state index in [1.54, 1.807) is 0 Å². The number of aryl methyl sites for hydroxylation is 4. The van der Waals surface area contributed by atoms with Crippen LogP contribution in [0.25, 0.3) is 22.4 Å². The molecule has 1 atom stereocenters. The van der Waals surface area contributed by atoms with Crippen molar-refractivity contribution in [1.29, 1.82) is 0 Å². The molecule has 0 amide bonds. The number of nitrogens with one attached hydrogen (secondary N) is 1. The SMILES string of the molecule is Cc1ccc(-c2noc(C(CCN)c3cccc(CCc4nc5ccc(C)cc5[nH]4)c3)n2)cc1. The zero-order chi connectivity index (χ0) is 23.5. The first-order valence-electron chi connectivity index (χ1n) is 11.7. The van der Waals surface area contributed by atoms with Crippen molar-refractivity contribution >= 4 is 11.0 Å². The Kier molecular flexibility index (Phi) is 6.23. The number of imidazole rings is 1. The molecule has 2 heterocycles. The van der Waals surface area contributed by atoms with Crippen molar-refractivity contribution in [2.24, 2.45) is 5.73 Å². The van der Waals surface area contributed by atoms with Crippen molar-refractivity contribution in [1.82, 2.24) is 20.1 Å². The van der Waals surface area contributed by atoms with E-state index in [0.717, 1.165) is 47.2 Å². The van der Waals surface area contributed by atoms with Crippen molar-refractivity contribution in [2.45, 2.75) is 39.0 Å². The first-order chi connectivity index (χ1) is 16.6. The predicted octanol–water partition coefficient (Wildman–Crippen LogP) is 5.50. The first kappa shape index (κ1) is 22.0. The molecule has 0 spiro atoms. The lowest BCUT2D eigenvalue weighted by Crippen LogP contribution is -2.10. The highest BCUT2D eigenvalue weighted by Crippen LogP contribution is 2.29. The lowest BCUT2D eigenvalue weighted by Gasteiger charge is -2.13. The maximum Gasteiger partial charge on any atom is 0.234 e. The summed E-state index contributed by atoms with van der Waals surface area (Å²) in [5.74, 6) is 2.18. The molecular weight excluding hydrogens is 422 g/mol. The molecule has 172 valence electrons. The van der Waals surface area contributed by atoms with Crippen LogP contribution in [-0.4, -0.2) is 26.7 Å². The smallest absolute Gasteiger partial charge is 0.234 e. The average molecular weight is 452 g/mol. The van der Waals surface area contributed by atoms with E-state index < -0.39 is 0 Å². The molecule has 1 unspecified atom stereocenters. The Labute approximate surface area is 199 Å². The summed E-state index contributed by atoms with van der Waals surface area (Å²) in [7, 11) is 0. The van der Waals surface area contributed by atoms with Crippen molar-refractivity contribution in [3.8, 4) is 11.4 Å². The Morgan fingerprint density at radius 1 is 0.912 bits per heavy atom. The third-order valence-electron chi connectivity index (χ3n) is 6.20. The van der Waals surface area contributed by atoms with Crippen LogP contribution in [0, 0.1) is 13.8 Å². The summed E-state index contributed by atoms with van der Waals surface area (Å²) in [5, 5.41) is 4.23. The van der Waals surface area contributed by atoms with Crippen molar-refractivity contribution < 1.29 is 4.52 Å². The number of hydrogen-bond acceptors (Lipinski definition) is 5. The Morgan fingerprint density at radius 2 is 1.74 bits per heavy atom. The molecular formula is C28H29N5O. The van der Waals surface area contributed by atoms with Crippen LogP contribution in [0.5, 0.6) is 0 Å². The second-order valence-corrected chi connectivity index (χ2v) is 8.90. The van der Waals surface area contributed by atoms with Gasteiger partial charge in [-0.2, -0.15) is 4.98 Å². The minimum atomic E-state index is -0.0363. The fraction of sp³-hybridized carbons (Fsp3) is 0.250. The summed E-state index contributed by atoms with van der Waals surface area (Å²) < 4.78 is 5.70. The standard InChI is InChI=1S/C28H29N5O/c1-18-6-10-21(11-7-18)27-32-28(34-33-27)23(14-15-29)22-5-3-4-20(17-22)9-13-26-30-24-12-8-19(2)16-25(24)31-26/h3-8,10-12,16-17,23H,9,13-15,29H2,1-2H3,(H,30,31). The molecule has 0 saturated heterocycles. The Morgan fingerprint density at radius 3 is 2.56 bits per heavy atom. The van der Waals surface area contributed by atoms with Gasteiger partial charge < -0.3 is 15.2 Å². The molecule has 5 aromatic rings. The van der Waals surface area contributed by atoms with Crippen LogP contribution in [0.3, 0.4) is 0 Å². The molecule has 5 rings (SSSR count). The van der Waals surface area contributed by atoms with Gasteiger partial charge in [-0.1, -0.05) is 65.3 Å². The van der Waals surface area contributed by atoms with E-state index in [1.807, 2.05) is 12.1 Å². The Bertz CT molecular complexity index is 1400. The maximum atomic E-state index is 5.96. The summed E-state index contributed by atoms with van der Waals surface area (Å²) in [6.45, 7) is 4.69. The van der Waals surface area contributed by atoms with Crippen molar-refractivity contribution in [3.63, 3.8) is 0 Å². The normalized spacial score (nSPS) is 12.3. The predicted molar refractivity (Wildman–Crippen MR) is 135 cm³/mol. The van der Waals surface area contributed by atoms with Gasteiger partial charge in [-0.05, 0) is 62.1 Å². The maximum absolute atomic E-state index is 5.96. The number of benzene rings is 3. The molecule has 0 fully saturated rings. The van der Waals surface area contributed by atoms with Crippen molar-refractivity contribution in [2.75, 3.05) is 6.54 Å². The highest BCUT2D eigenvalue weighted by Gasteiger charge is 2.21. The van der Waals surface area contributed by atoms with E-state index in [2.05, 4.69) is 78.6 Å². The number of nitrogens with zero attached hydrogens (tertiary/aromatic N) is 3. The van der Waals surface area contributed by atoms with Crippen LogP contribution in [0.4, 0.5) is 0 Å². The lowest BCUT2D eigenvalue weighted by molar-refractivity contribution is 0.361. The van der Waals surface area contributed by atoms with Gasteiger partial charge in [0.1, 0.15) is 5.82 Å². The van der Waals surface area contributed by atoms with E-state index in [1.165, 1.54) is 16.7 Å². The van der Waals surface area contributed by atoms with Crippen LogP contribution < -0.4 is 5.73 Å². The second-order valence-electron chi connectivity index (χ2n) is 8.90. The first-order valence-corrected chi connectivity index (χ1v) is 11.7. The van der Waals surface area contributed by atoms with Crippen LogP contribution in [0.1, 0.15) is 46.3 Å². The topological polar surface area (TPSA) is 93.6 Å². The fourth-order valence-corrected chi connectivity index (χ4v) is 4.32. The minimum absolute atomic E-state index is 0.0363. The van der Waals surface area contributed by atoms with E-state index in [9.17, 15) is 0 Å². The fourth-order valence-electron chi connectivity index (χ4n) is 4.32. The van der Waals surface area contributed by atoms with Crippen LogP contribution in [0.15, 0.2) is 71.3 Å². The quantitative estimate of drug-likeness (QED) is 0.325. The number of nitrogens with two attached hydrogens (primary N) is 1. The molecule has 0 bridgehead atoms.